The number of carbonyl (C=O) groups excluding carboxylic acids is 1. The van der Waals surface area contributed by atoms with Gasteiger partial charge < -0.3 is 14.9 Å². The van der Waals surface area contributed by atoms with Crippen molar-refractivity contribution >= 4 is 12.0 Å². The Bertz CT molecular complexity index is 307. The Morgan fingerprint density at radius 2 is 2.11 bits per heavy atom. The molecule has 1 fully saturated rings. The van der Waals surface area contributed by atoms with Crippen LogP contribution in [0.2, 0.25) is 0 Å². The van der Waals surface area contributed by atoms with Crippen LogP contribution in [0.4, 0.5) is 4.79 Å². The van der Waals surface area contributed by atoms with Crippen LogP contribution in [0.5, 0.6) is 0 Å². The molecule has 1 aliphatic heterocycles. The Morgan fingerprint density at radius 1 is 1.44 bits per heavy atom. The number of aliphatic carboxylic acids is 1. The Morgan fingerprint density at radius 3 is 2.61 bits per heavy atom. The van der Waals surface area contributed by atoms with E-state index >= 15 is 0 Å². The zero-order chi connectivity index (χ0) is 13.7. The van der Waals surface area contributed by atoms with Crippen LogP contribution in [-0.2, 0) is 4.79 Å². The average molecular weight is 256 g/mol. The highest BCUT2D eigenvalue weighted by molar-refractivity contribution is 5.75. The smallest absolute Gasteiger partial charge is 0.319 e. The van der Waals surface area contributed by atoms with Crippen molar-refractivity contribution in [2.24, 2.45) is 5.92 Å². The van der Waals surface area contributed by atoms with Gasteiger partial charge in [0.05, 0.1) is 5.92 Å². The predicted molar refractivity (Wildman–Crippen MR) is 69.5 cm³/mol. The van der Waals surface area contributed by atoms with Crippen molar-refractivity contribution in [1.29, 1.82) is 0 Å². The number of unbranched alkanes of at least 4 members (excludes halogenated alkanes) is 1. The third-order valence-electron chi connectivity index (χ3n) is 3.64. The van der Waals surface area contributed by atoms with Crippen LogP contribution in [-0.4, -0.2) is 53.1 Å². The van der Waals surface area contributed by atoms with E-state index in [9.17, 15) is 9.59 Å². The molecule has 18 heavy (non-hydrogen) atoms. The number of carboxylic acid groups (broad SMARTS) is 1. The highest BCUT2D eigenvalue weighted by Crippen LogP contribution is 2.23. The van der Waals surface area contributed by atoms with Crippen LogP contribution in [0.25, 0.3) is 0 Å². The number of hydrogen-bond donors (Lipinski definition) is 1. The van der Waals surface area contributed by atoms with Gasteiger partial charge in [-0.25, -0.2) is 4.79 Å². The lowest BCUT2D eigenvalue weighted by Crippen LogP contribution is -2.50. The van der Waals surface area contributed by atoms with E-state index in [-0.39, 0.29) is 18.0 Å². The van der Waals surface area contributed by atoms with Crippen LogP contribution in [0, 0.1) is 5.92 Å². The summed E-state index contributed by atoms with van der Waals surface area (Å²) in [7, 11) is 1.81. The molecule has 1 rings (SSSR count). The largest absolute Gasteiger partial charge is 0.481 e. The van der Waals surface area contributed by atoms with Gasteiger partial charge in [-0.05, 0) is 26.2 Å². The molecule has 1 aliphatic rings. The molecule has 0 saturated carbocycles. The van der Waals surface area contributed by atoms with Gasteiger partial charge in [0.15, 0.2) is 0 Å². The number of urea groups is 1. The predicted octanol–water partition coefficient (Wildman–Crippen LogP) is 2.02. The molecule has 0 aromatic rings. The number of carboxylic acids is 1. The van der Waals surface area contributed by atoms with Crippen molar-refractivity contribution < 1.29 is 14.7 Å². The number of rotatable bonds is 4. The van der Waals surface area contributed by atoms with E-state index in [1.54, 1.807) is 9.80 Å². The van der Waals surface area contributed by atoms with Crippen LogP contribution < -0.4 is 0 Å². The molecule has 0 aliphatic carbocycles. The molecule has 1 heterocycles. The van der Waals surface area contributed by atoms with Gasteiger partial charge in [-0.1, -0.05) is 13.3 Å². The minimum Gasteiger partial charge on any atom is -0.481 e. The second kappa shape index (κ2) is 6.61. The molecule has 104 valence electrons. The number of hydrogen-bond acceptors (Lipinski definition) is 2. The van der Waals surface area contributed by atoms with E-state index in [1.807, 2.05) is 14.0 Å². The molecule has 0 aromatic heterocycles. The minimum atomic E-state index is -0.742. The normalized spacial score (nSPS) is 23.8. The fraction of sp³-hybridized carbons (Fsp3) is 0.846. The van der Waals surface area contributed by atoms with Crippen molar-refractivity contribution in [3.8, 4) is 0 Å². The molecule has 1 saturated heterocycles. The molecule has 5 heteroatoms. The second-order valence-corrected chi connectivity index (χ2v) is 5.16. The standard InChI is InChI=1S/C13H24N2O3/c1-4-5-7-14(3)13(18)15-8-6-11(12(16)17)9-10(15)2/h10-11H,4-9H2,1-3H3,(H,16,17). The maximum absolute atomic E-state index is 12.2. The first-order valence-electron chi connectivity index (χ1n) is 6.71. The summed E-state index contributed by atoms with van der Waals surface area (Å²) in [4.78, 5) is 26.7. The second-order valence-electron chi connectivity index (χ2n) is 5.16. The topological polar surface area (TPSA) is 60.9 Å². The highest BCUT2D eigenvalue weighted by Gasteiger charge is 2.33. The van der Waals surface area contributed by atoms with Crippen molar-refractivity contribution in [3.63, 3.8) is 0 Å². The van der Waals surface area contributed by atoms with Gasteiger partial charge in [-0.3, -0.25) is 4.79 Å². The molecular weight excluding hydrogens is 232 g/mol. The van der Waals surface area contributed by atoms with Crippen molar-refractivity contribution in [2.45, 2.75) is 45.6 Å². The quantitative estimate of drug-likeness (QED) is 0.837. The Kier molecular flexibility index (Phi) is 5.44. The SMILES string of the molecule is CCCCN(C)C(=O)N1CCC(C(=O)O)CC1C. The molecule has 2 unspecified atom stereocenters. The molecule has 0 aromatic carbocycles. The van der Waals surface area contributed by atoms with E-state index in [4.69, 9.17) is 5.11 Å². The molecule has 0 spiro atoms. The monoisotopic (exact) mass is 256 g/mol. The third kappa shape index (κ3) is 3.62. The fourth-order valence-electron chi connectivity index (χ4n) is 2.39. The van der Waals surface area contributed by atoms with E-state index in [2.05, 4.69) is 6.92 Å². The van der Waals surface area contributed by atoms with Gasteiger partial charge in [-0.15, -0.1) is 0 Å². The number of carbonyl (C=O) groups is 2. The minimum absolute atomic E-state index is 0.0106. The van der Waals surface area contributed by atoms with E-state index in [0.29, 0.717) is 19.4 Å². The summed E-state index contributed by atoms with van der Waals surface area (Å²) in [6.07, 6.45) is 3.19. The van der Waals surface area contributed by atoms with Crippen molar-refractivity contribution in [3.05, 3.63) is 0 Å². The lowest BCUT2D eigenvalue weighted by atomic mass is 9.92. The first kappa shape index (κ1) is 14.8. The summed E-state index contributed by atoms with van der Waals surface area (Å²) in [5, 5.41) is 8.99. The first-order valence-corrected chi connectivity index (χ1v) is 6.71. The Hall–Kier alpha value is -1.26. The number of likely N-dealkylation sites (tertiary alicyclic amines) is 1. The molecular formula is C13H24N2O3. The van der Waals surface area contributed by atoms with Crippen LogP contribution in [0.3, 0.4) is 0 Å². The summed E-state index contributed by atoms with van der Waals surface area (Å²) in [5.74, 6) is -1.04. The lowest BCUT2D eigenvalue weighted by Gasteiger charge is -2.38. The van der Waals surface area contributed by atoms with Crippen LogP contribution in [0.15, 0.2) is 0 Å². The Labute approximate surface area is 109 Å². The zero-order valence-electron chi connectivity index (χ0n) is 11.6. The first-order chi connectivity index (χ1) is 8.47. The Balaban J connectivity index is 2.52. The van der Waals surface area contributed by atoms with E-state index in [0.717, 1.165) is 19.4 Å². The maximum atomic E-state index is 12.2. The van der Waals surface area contributed by atoms with E-state index in [1.165, 1.54) is 0 Å². The van der Waals surface area contributed by atoms with Gasteiger partial charge in [0, 0.05) is 26.2 Å². The van der Waals surface area contributed by atoms with Gasteiger partial charge in [0.25, 0.3) is 0 Å². The third-order valence-corrected chi connectivity index (χ3v) is 3.64. The molecule has 0 radical (unpaired) electrons. The molecule has 2 amide bonds. The number of amides is 2. The van der Waals surface area contributed by atoms with E-state index < -0.39 is 5.97 Å². The summed E-state index contributed by atoms with van der Waals surface area (Å²) in [6.45, 7) is 5.34. The molecule has 2 atom stereocenters. The summed E-state index contributed by atoms with van der Waals surface area (Å²) in [5.41, 5.74) is 0. The lowest BCUT2D eigenvalue weighted by molar-refractivity contribution is -0.143. The maximum Gasteiger partial charge on any atom is 0.319 e. The molecule has 0 bridgehead atoms. The summed E-state index contributed by atoms with van der Waals surface area (Å²) >= 11 is 0. The average Bonchev–Trinajstić information content (AvgIpc) is 2.34. The molecule has 1 N–H and O–H groups in total. The highest BCUT2D eigenvalue weighted by atomic mass is 16.4. The number of nitrogens with zero attached hydrogens (tertiary/aromatic N) is 2. The van der Waals surface area contributed by atoms with Crippen molar-refractivity contribution in [2.75, 3.05) is 20.1 Å². The van der Waals surface area contributed by atoms with Gasteiger partial charge in [-0.2, -0.15) is 0 Å². The molecule has 5 nitrogen and oxygen atoms in total. The van der Waals surface area contributed by atoms with Gasteiger partial charge in [0.1, 0.15) is 0 Å². The number of piperidine rings is 1. The zero-order valence-corrected chi connectivity index (χ0v) is 11.6. The van der Waals surface area contributed by atoms with Gasteiger partial charge in [0.2, 0.25) is 0 Å². The summed E-state index contributed by atoms with van der Waals surface area (Å²) < 4.78 is 0. The van der Waals surface area contributed by atoms with Gasteiger partial charge >= 0.3 is 12.0 Å². The van der Waals surface area contributed by atoms with Crippen molar-refractivity contribution in [1.82, 2.24) is 9.80 Å². The van der Waals surface area contributed by atoms with Crippen LogP contribution >= 0.6 is 0 Å². The van der Waals surface area contributed by atoms with Crippen LogP contribution in [0.1, 0.15) is 39.5 Å². The summed E-state index contributed by atoms with van der Waals surface area (Å²) in [6, 6.07) is 0.0382. The fourth-order valence-corrected chi connectivity index (χ4v) is 2.39.